The zero-order chi connectivity index (χ0) is 14.7. The molecule has 0 aliphatic carbocycles. The first-order chi connectivity index (χ1) is 9.49. The second-order valence-electron chi connectivity index (χ2n) is 5.42. The predicted molar refractivity (Wildman–Crippen MR) is 76.6 cm³/mol. The zero-order valence-corrected chi connectivity index (χ0v) is 12.8. The lowest BCUT2D eigenvalue weighted by atomic mass is 10.2. The maximum Gasteiger partial charge on any atom is 0.228 e. The number of hydrogen-bond donors (Lipinski definition) is 1. The number of hydrogen-bond acceptors (Lipinski definition) is 5. The number of aryl methyl sites for hydroxylation is 2. The fourth-order valence-corrected chi connectivity index (χ4v) is 2.26. The van der Waals surface area contributed by atoms with Crippen molar-refractivity contribution in [3.63, 3.8) is 0 Å². The molecule has 2 atom stereocenters. The molecule has 0 saturated carbocycles. The van der Waals surface area contributed by atoms with Crippen molar-refractivity contribution < 1.29 is 4.52 Å². The molecule has 0 amide bonds. The first-order valence-corrected chi connectivity index (χ1v) is 7.01. The molecule has 0 fully saturated rings. The highest BCUT2D eigenvalue weighted by Crippen LogP contribution is 2.15. The highest BCUT2D eigenvalue weighted by molar-refractivity contribution is 5.08. The predicted octanol–water partition coefficient (Wildman–Crippen LogP) is 1.84. The minimum Gasteiger partial charge on any atom is -0.339 e. The zero-order valence-electron chi connectivity index (χ0n) is 12.8. The van der Waals surface area contributed by atoms with Gasteiger partial charge in [0, 0.05) is 24.6 Å². The topological polar surface area (TPSA) is 68.8 Å². The monoisotopic (exact) mass is 277 g/mol. The SMILES string of the molecule is CNC(C)Cc1noc(CC(C)n2nc(C)cc2C)n1. The molecule has 20 heavy (non-hydrogen) atoms. The summed E-state index contributed by atoms with van der Waals surface area (Å²) >= 11 is 0. The van der Waals surface area contributed by atoms with E-state index in [1.807, 2.05) is 18.7 Å². The molecule has 0 aliphatic rings. The van der Waals surface area contributed by atoms with Gasteiger partial charge in [-0.1, -0.05) is 5.16 Å². The molecule has 0 radical (unpaired) electrons. The summed E-state index contributed by atoms with van der Waals surface area (Å²) in [6.07, 6.45) is 1.47. The summed E-state index contributed by atoms with van der Waals surface area (Å²) in [4.78, 5) is 4.44. The largest absolute Gasteiger partial charge is 0.339 e. The molecule has 0 saturated heterocycles. The van der Waals surface area contributed by atoms with E-state index in [1.54, 1.807) is 0 Å². The molecule has 2 aromatic rings. The third kappa shape index (κ3) is 3.45. The Morgan fingerprint density at radius 3 is 2.65 bits per heavy atom. The summed E-state index contributed by atoms with van der Waals surface area (Å²) in [5.74, 6) is 1.42. The lowest BCUT2D eigenvalue weighted by Gasteiger charge is -2.11. The van der Waals surface area contributed by atoms with E-state index in [4.69, 9.17) is 4.52 Å². The number of rotatable bonds is 6. The van der Waals surface area contributed by atoms with Gasteiger partial charge >= 0.3 is 0 Å². The minimum atomic E-state index is 0.207. The van der Waals surface area contributed by atoms with Crippen LogP contribution in [0.4, 0.5) is 0 Å². The van der Waals surface area contributed by atoms with Gasteiger partial charge in [0.2, 0.25) is 5.89 Å². The molecule has 1 N–H and O–H groups in total. The lowest BCUT2D eigenvalue weighted by Crippen LogP contribution is -2.24. The van der Waals surface area contributed by atoms with Crippen LogP contribution in [0.5, 0.6) is 0 Å². The van der Waals surface area contributed by atoms with Gasteiger partial charge in [0.15, 0.2) is 5.82 Å². The third-order valence-electron chi connectivity index (χ3n) is 3.42. The van der Waals surface area contributed by atoms with Crippen LogP contribution in [0.15, 0.2) is 10.6 Å². The van der Waals surface area contributed by atoms with Crippen molar-refractivity contribution in [2.24, 2.45) is 0 Å². The van der Waals surface area contributed by atoms with Crippen molar-refractivity contribution in [1.82, 2.24) is 25.2 Å². The van der Waals surface area contributed by atoms with Crippen LogP contribution >= 0.6 is 0 Å². The fourth-order valence-electron chi connectivity index (χ4n) is 2.26. The first-order valence-electron chi connectivity index (χ1n) is 7.01. The minimum absolute atomic E-state index is 0.207. The maximum absolute atomic E-state index is 5.32. The molecule has 0 bridgehead atoms. The van der Waals surface area contributed by atoms with Gasteiger partial charge in [0.25, 0.3) is 0 Å². The summed E-state index contributed by atoms with van der Waals surface area (Å²) in [6.45, 7) is 8.26. The number of nitrogens with one attached hydrogen (secondary N) is 1. The smallest absolute Gasteiger partial charge is 0.228 e. The average molecular weight is 277 g/mol. The molecular weight excluding hydrogens is 254 g/mol. The van der Waals surface area contributed by atoms with Crippen LogP contribution in [0.25, 0.3) is 0 Å². The second-order valence-corrected chi connectivity index (χ2v) is 5.42. The van der Waals surface area contributed by atoms with Gasteiger partial charge in [-0.3, -0.25) is 4.68 Å². The van der Waals surface area contributed by atoms with Gasteiger partial charge in [0.05, 0.1) is 11.7 Å². The van der Waals surface area contributed by atoms with E-state index in [9.17, 15) is 0 Å². The van der Waals surface area contributed by atoms with Crippen LogP contribution in [0.1, 0.15) is 43.0 Å². The van der Waals surface area contributed by atoms with E-state index in [-0.39, 0.29) is 6.04 Å². The van der Waals surface area contributed by atoms with Crippen LogP contribution in [-0.4, -0.2) is 33.0 Å². The van der Waals surface area contributed by atoms with Crippen LogP contribution < -0.4 is 5.32 Å². The van der Waals surface area contributed by atoms with Crippen LogP contribution in [0.3, 0.4) is 0 Å². The van der Waals surface area contributed by atoms with Gasteiger partial charge in [0.1, 0.15) is 0 Å². The summed E-state index contributed by atoms with van der Waals surface area (Å²) in [6, 6.07) is 2.62. The Labute approximate surface area is 119 Å². The Hall–Kier alpha value is -1.69. The molecule has 6 heteroatoms. The molecule has 110 valence electrons. The number of nitrogens with zero attached hydrogens (tertiary/aromatic N) is 4. The van der Waals surface area contributed by atoms with Crippen molar-refractivity contribution in [3.8, 4) is 0 Å². The molecule has 0 aliphatic heterocycles. The lowest BCUT2D eigenvalue weighted by molar-refractivity contribution is 0.343. The summed E-state index contributed by atoms with van der Waals surface area (Å²) in [5, 5.41) is 11.7. The molecule has 6 nitrogen and oxygen atoms in total. The van der Waals surface area contributed by atoms with Gasteiger partial charge in [-0.15, -0.1) is 0 Å². The van der Waals surface area contributed by atoms with Crippen LogP contribution in [0.2, 0.25) is 0 Å². The molecule has 2 unspecified atom stereocenters. The van der Waals surface area contributed by atoms with Gasteiger partial charge in [-0.05, 0) is 40.8 Å². The van der Waals surface area contributed by atoms with Crippen molar-refractivity contribution in [2.75, 3.05) is 7.05 Å². The van der Waals surface area contributed by atoms with Gasteiger partial charge < -0.3 is 9.84 Å². The normalized spacial score (nSPS) is 14.4. The Morgan fingerprint density at radius 1 is 1.30 bits per heavy atom. The highest BCUT2D eigenvalue weighted by atomic mass is 16.5. The Balaban J connectivity index is 2.01. The fraction of sp³-hybridized carbons (Fsp3) is 0.643. The summed E-state index contributed by atoms with van der Waals surface area (Å²) in [5.41, 5.74) is 2.18. The Kier molecular flexibility index (Phi) is 4.54. The van der Waals surface area contributed by atoms with Gasteiger partial charge in [-0.25, -0.2) is 0 Å². The molecule has 2 aromatic heterocycles. The van der Waals surface area contributed by atoms with E-state index in [0.29, 0.717) is 18.4 Å². The van der Waals surface area contributed by atoms with Crippen LogP contribution in [0, 0.1) is 13.8 Å². The van der Waals surface area contributed by atoms with Crippen molar-refractivity contribution in [3.05, 3.63) is 29.2 Å². The van der Waals surface area contributed by atoms with Crippen molar-refractivity contribution in [1.29, 1.82) is 0 Å². The first kappa shape index (κ1) is 14.7. The summed E-state index contributed by atoms with van der Waals surface area (Å²) in [7, 11) is 1.93. The van der Waals surface area contributed by atoms with E-state index >= 15 is 0 Å². The third-order valence-corrected chi connectivity index (χ3v) is 3.42. The van der Waals surface area contributed by atoms with E-state index in [0.717, 1.165) is 23.6 Å². The Morgan fingerprint density at radius 2 is 2.05 bits per heavy atom. The van der Waals surface area contributed by atoms with Crippen LogP contribution in [-0.2, 0) is 12.8 Å². The van der Waals surface area contributed by atoms with Crippen molar-refractivity contribution >= 4 is 0 Å². The molecular formula is C14H23N5O. The van der Waals surface area contributed by atoms with Gasteiger partial charge in [-0.2, -0.15) is 10.1 Å². The summed E-state index contributed by atoms with van der Waals surface area (Å²) < 4.78 is 7.33. The number of aromatic nitrogens is 4. The van der Waals surface area contributed by atoms with Crippen molar-refractivity contribution in [2.45, 2.75) is 52.6 Å². The molecule has 0 aromatic carbocycles. The van der Waals surface area contributed by atoms with E-state index in [2.05, 4.69) is 47.4 Å². The molecule has 0 spiro atoms. The second kappa shape index (κ2) is 6.17. The van der Waals surface area contributed by atoms with E-state index < -0.39 is 0 Å². The standard InChI is InChI=1S/C14H23N5O/c1-9(15-5)7-13-16-14(20-18-13)8-12(4)19-11(3)6-10(2)17-19/h6,9,12,15H,7-8H2,1-5H3. The Bertz CT molecular complexity index is 560. The quantitative estimate of drug-likeness (QED) is 0.872. The molecule has 2 heterocycles. The average Bonchev–Trinajstić information content (AvgIpc) is 2.95. The number of likely N-dealkylation sites (N-methyl/N-ethyl adjacent to an activating group) is 1. The maximum atomic E-state index is 5.32. The molecule has 2 rings (SSSR count). The highest BCUT2D eigenvalue weighted by Gasteiger charge is 2.15. The van der Waals surface area contributed by atoms with E-state index in [1.165, 1.54) is 0 Å².